The Morgan fingerprint density at radius 2 is 1.52 bits per heavy atom. The SMILES string of the molecule is N#CC1CSCN1CCn1on1C1CCN(Cc2ccc(F)cc2)CC1.O=C(O)C(F)(F)F.O=C(O)C(F)(F)F. The van der Waals surface area contributed by atoms with Crippen molar-refractivity contribution in [1.82, 2.24) is 19.5 Å². The highest BCUT2D eigenvalue weighted by Crippen LogP contribution is 2.26. The van der Waals surface area contributed by atoms with Gasteiger partial charge >= 0.3 is 24.3 Å². The number of carbonyl (C=O) groups is 2. The van der Waals surface area contributed by atoms with Gasteiger partial charge in [-0.25, -0.2) is 14.0 Å². The molecule has 224 valence electrons. The molecule has 2 saturated heterocycles. The summed E-state index contributed by atoms with van der Waals surface area (Å²) in [7, 11) is 0. The number of carboxylic acid groups (broad SMARTS) is 2. The Hall–Kier alpha value is -3.17. The lowest BCUT2D eigenvalue weighted by atomic mass is 10.1. The molecule has 2 fully saturated rings. The number of aromatic nitrogens is 2. The second-order valence-corrected chi connectivity index (χ2v) is 9.66. The normalized spacial score (nSPS) is 18.8. The van der Waals surface area contributed by atoms with Crippen molar-refractivity contribution in [3.63, 3.8) is 0 Å². The van der Waals surface area contributed by atoms with E-state index in [4.69, 9.17) is 29.7 Å². The molecule has 1 aromatic carbocycles. The van der Waals surface area contributed by atoms with E-state index in [1.54, 1.807) is 0 Å². The van der Waals surface area contributed by atoms with Crippen LogP contribution in [0, 0.1) is 17.1 Å². The summed E-state index contributed by atoms with van der Waals surface area (Å²) in [6.45, 7) is 4.60. The monoisotopic (exact) mass is 605 g/mol. The number of aliphatic carboxylic acids is 2. The Morgan fingerprint density at radius 1 is 1.00 bits per heavy atom. The number of nitrogens with zero attached hydrogens (tertiary/aromatic N) is 5. The molecule has 2 N–H and O–H groups in total. The van der Waals surface area contributed by atoms with Gasteiger partial charge in [0, 0.05) is 37.8 Å². The van der Waals surface area contributed by atoms with E-state index < -0.39 is 24.3 Å². The summed E-state index contributed by atoms with van der Waals surface area (Å²) in [6.07, 6.45) is -8.03. The molecule has 0 amide bonds. The molecule has 0 aliphatic carbocycles. The van der Waals surface area contributed by atoms with E-state index in [-0.39, 0.29) is 11.9 Å². The van der Waals surface area contributed by atoms with Gasteiger partial charge < -0.3 is 10.2 Å². The van der Waals surface area contributed by atoms with Crippen LogP contribution in [0.15, 0.2) is 28.9 Å². The first-order valence-corrected chi connectivity index (χ1v) is 12.8. The number of thioether (sulfide) groups is 1. The van der Waals surface area contributed by atoms with E-state index in [9.17, 15) is 30.7 Å². The lowest BCUT2D eigenvalue weighted by molar-refractivity contribution is -0.193. The largest absolute Gasteiger partial charge is 0.490 e. The van der Waals surface area contributed by atoms with Crippen LogP contribution < -0.4 is 0 Å². The van der Waals surface area contributed by atoms with Gasteiger partial charge in [0.2, 0.25) is 0 Å². The number of halogens is 7. The number of piperidine rings is 1. The average molecular weight is 606 g/mol. The van der Waals surface area contributed by atoms with Gasteiger partial charge in [0.25, 0.3) is 0 Å². The smallest absolute Gasteiger partial charge is 0.475 e. The fourth-order valence-electron chi connectivity index (χ4n) is 3.65. The molecule has 2 aliphatic rings. The number of likely N-dealkylation sites (tertiary alicyclic amines) is 1. The van der Waals surface area contributed by atoms with Crippen molar-refractivity contribution < 1.29 is 55.2 Å². The zero-order chi connectivity index (χ0) is 30.1. The molecule has 3 heterocycles. The molecule has 1 atom stereocenters. The Morgan fingerprint density at radius 3 is 2.00 bits per heavy atom. The maximum atomic E-state index is 13.0. The molecule has 1 aromatic heterocycles. The molecule has 1 unspecified atom stereocenters. The summed E-state index contributed by atoms with van der Waals surface area (Å²) in [5.41, 5.74) is 1.16. The van der Waals surface area contributed by atoms with Crippen LogP contribution in [0.4, 0.5) is 30.7 Å². The number of rotatable bonds is 6. The highest BCUT2D eigenvalue weighted by atomic mass is 32.2. The summed E-state index contributed by atoms with van der Waals surface area (Å²) in [5.74, 6) is -3.85. The average Bonchev–Trinajstić information content (AvgIpc) is 3.51. The van der Waals surface area contributed by atoms with E-state index in [0.717, 1.165) is 62.8 Å². The van der Waals surface area contributed by atoms with Crippen molar-refractivity contribution in [3.8, 4) is 6.07 Å². The third kappa shape index (κ3) is 11.1. The minimum atomic E-state index is -5.08. The molecule has 0 saturated carbocycles. The zero-order valence-electron chi connectivity index (χ0n) is 20.7. The fraction of sp³-hybridized carbons (Fsp3) is 0.591. The van der Waals surface area contributed by atoms with Gasteiger partial charge in [-0.2, -0.15) is 31.6 Å². The number of hydrogen-bond acceptors (Lipinski definition) is 7. The highest BCUT2D eigenvalue weighted by molar-refractivity contribution is 7.99. The minimum absolute atomic E-state index is 0.0445. The maximum Gasteiger partial charge on any atom is 0.490 e. The van der Waals surface area contributed by atoms with E-state index in [2.05, 4.69) is 15.9 Å². The molecule has 40 heavy (non-hydrogen) atoms. The number of nitriles is 1. The molecule has 0 spiro atoms. The highest BCUT2D eigenvalue weighted by Gasteiger charge is 2.39. The Bertz CT molecular complexity index is 1090. The van der Waals surface area contributed by atoms with E-state index in [0.29, 0.717) is 6.04 Å². The van der Waals surface area contributed by atoms with Crippen molar-refractivity contribution in [3.05, 3.63) is 35.6 Å². The number of benzene rings is 1. The van der Waals surface area contributed by atoms with Crippen LogP contribution in [-0.4, -0.2) is 91.3 Å². The quantitative estimate of drug-likeness (QED) is 0.470. The summed E-state index contributed by atoms with van der Waals surface area (Å²) in [4.78, 5) is 26.4. The van der Waals surface area contributed by atoms with Gasteiger partial charge in [0.15, 0.2) is 0 Å². The van der Waals surface area contributed by atoms with Crippen molar-refractivity contribution in [2.24, 2.45) is 0 Å². The molecule has 4 rings (SSSR count). The van der Waals surface area contributed by atoms with Crippen LogP contribution in [0.3, 0.4) is 0 Å². The number of alkyl halides is 6. The van der Waals surface area contributed by atoms with Gasteiger partial charge in [0.1, 0.15) is 11.9 Å². The van der Waals surface area contributed by atoms with E-state index in [1.165, 1.54) is 12.1 Å². The minimum Gasteiger partial charge on any atom is -0.475 e. The van der Waals surface area contributed by atoms with Crippen LogP contribution >= 0.6 is 11.8 Å². The fourth-order valence-corrected chi connectivity index (χ4v) is 4.80. The molecule has 0 bridgehead atoms. The van der Waals surface area contributed by atoms with E-state index in [1.807, 2.05) is 33.6 Å². The Kier molecular flexibility index (Phi) is 11.9. The van der Waals surface area contributed by atoms with Gasteiger partial charge in [-0.3, -0.25) is 14.4 Å². The van der Waals surface area contributed by atoms with Gasteiger partial charge in [-0.1, -0.05) is 21.8 Å². The predicted octanol–water partition coefficient (Wildman–Crippen LogP) is 4.02. The number of carboxylic acids is 2. The summed E-state index contributed by atoms with van der Waals surface area (Å²) >= 11 is 1.82. The zero-order valence-corrected chi connectivity index (χ0v) is 21.6. The summed E-state index contributed by atoms with van der Waals surface area (Å²) in [5, 5.41) is 23.4. The molecular formula is C22H26F7N5O5S. The lowest BCUT2D eigenvalue weighted by Crippen LogP contribution is -2.34. The lowest BCUT2D eigenvalue weighted by Gasteiger charge is -2.29. The van der Waals surface area contributed by atoms with Gasteiger partial charge in [0.05, 0.1) is 18.7 Å². The Balaban J connectivity index is 0.000000333. The third-order valence-corrected chi connectivity index (χ3v) is 6.81. The second-order valence-electron chi connectivity index (χ2n) is 8.66. The van der Waals surface area contributed by atoms with Crippen LogP contribution in [0.25, 0.3) is 0 Å². The topological polar surface area (TPSA) is 128 Å². The number of hydrogen-bond donors (Lipinski definition) is 2. The predicted molar refractivity (Wildman–Crippen MR) is 125 cm³/mol. The standard InChI is InChI=1S/C18H24FN5OS.2C2HF3O2/c19-16-3-1-15(2-4-16)12-21-7-5-17(6-8-21)24-23(25-24)10-9-22-14-26-13-18(22)11-20;2*3-2(4,5)1(6)7/h1-4,17-18H,5-10,12-14H2;2*(H,6,7). The molecule has 2 aromatic rings. The van der Waals surface area contributed by atoms with Gasteiger partial charge in [-0.05, 0) is 30.5 Å². The molecule has 18 heteroatoms. The molecule has 10 nitrogen and oxygen atoms in total. The van der Waals surface area contributed by atoms with Crippen LogP contribution in [0.5, 0.6) is 0 Å². The van der Waals surface area contributed by atoms with Crippen molar-refractivity contribution >= 4 is 23.7 Å². The van der Waals surface area contributed by atoms with Crippen molar-refractivity contribution in [2.75, 3.05) is 31.3 Å². The third-order valence-electron chi connectivity index (χ3n) is 5.75. The summed E-state index contributed by atoms with van der Waals surface area (Å²) in [6, 6.07) is 9.62. The molecular weight excluding hydrogens is 579 g/mol. The van der Waals surface area contributed by atoms with Crippen LogP contribution in [-0.2, 0) is 22.7 Å². The molecule has 0 radical (unpaired) electrons. The first kappa shape index (κ1) is 33.0. The summed E-state index contributed by atoms with van der Waals surface area (Å²) < 4.78 is 82.1. The first-order valence-electron chi connectivity index (χ1n) is 11.6. The molecule has 2 aliphatic heterocycles. The Labute approximate surface area is 227 Å². The van der Waals surface area contributed by atoms with Crippen LogP contribution in [0.2, 0.25) is 0 Å². The first-order chi connectivity index (χ1) is 18.6. The second kappa shape index (κ2) is 14.5. The van der Waals surface area contributed by atoms with Crippen molar-refractivity contribution in [2.45, 2.75) is 50.4 Å². The van der Waals surface area contributed by atoms with Gasteiger partial charge in [-0.15, -0.1) is 11.8 Å². The van der Waals surface area contributed by atoms with E-state index >= 15 is 0 Å². The van der Waals surface area contributed by atoms with Crippen molar-refractivity contribution in [1.29, 1.82) is 5.26 Å². The van der Waals surface area contributed by atoms with Crippen LogP contribution in [0.1, 0.15) is 24.4 Å². The maximum absolute atomic E-state index is 13.0.